The van der Waals surface area contributed by atoms with Gasteiger partial charge < -0.3 is 5.73 Å². The number of nitrogens with two attached hydrogens (primary N) is 1. The second-order valence-corrected chi connectivity index (χ2v) is 7.06. The van der Waals surface area contributed by atoms with Gasteiger partial charge in [0.1, 0.15) is 0 Å². The standard InChI is InChI=1S/C20H27N/c1-20(2,3)15-14-18(21)19(16-10-6-4-7-11-16)17-12-8-5-9-13-17/h4-13,18-19H,14-15,21H2,1-3H3. The van der Waals surface area contributed by atoms with Crippen molar-refractivity contribution in [2.45, 2.75) is 45.6 Å². The highest BCUT2D eigenvalue weighted by molar-refractivity contribution is 5.34. The fraction of sp³-hybridized carbons (Fsp3) is 0.400. The van der Waals surface area contributed by atoms with Crippen LogP contribution in [0.4, 0.5) is 0 Å². The molecule has 2 aromatic carbocycles. The molecule has 2 aromatic rings. The lowest BCUT2D eigenvalue weighted by Gasteiger charge is -2.28. The van der Waals surface area contributed by atoms with Crippen molar-refractivity contribution < 1.29 is 0 Å². The minimum atomic E-state index is 0.147. The van der Waals surface area contributed by atoms with E-state index in [1.807, 2.05) is 0 Å². The van der Waals surface area contributed by atoms with E-state index in [0.717, 1.165) is 12.8 Å². The second-order valence-electron chi connectivity index (χ2n) is 7.06. The van der Waals surface area contributed by atoms with E-state index in [1.165, 1.54) is 11.1 Å². The number of hydrogen-bond acceptors (Lipinski definition) is 1. The van der Waals surface area contributed by atoms with Crippen LogP contribution in [0.15, 0.2) is 60.7 Å². The Morgan fingerprint density at radius 3 is 1.62 bits per heavy atom. The zero-order valence-electron chi connectivity index (χ0n) is 13.4. The van der Waals surface area contributed by atoms with Gasteiger partial charge in [0.2, 0.25) is 0 Å². The van der Waals surface area contributed by atoms with Crippen molar-refractivity contribution in [1.29, 1.82) is 0 Å². The van der Waals surface area contributed by atoms with Crippen LogP contribution in [0.5, 0.6) is 0 Å². The largest absolute Gasteiger partial charge is 0.327 e. The van der Waals surface area contributed by atoms with Crippen molar-refractivity contribution in [2.24, 2.45) is 11.1 Å². The highest BCUT2D eigenvalue weighted by atomic mass is 14.7. The molecule has 0 radical (unpaired) electrons. The van der Waals surface area contributed by atoms with Crippen LogP contribution in [0.3, 0.4) is 0 Å². The smallest absolute Gasteiger partial charge is 0.0241 e. The van der Waals surface area contributed by atoms with Gasteiger partial charge in [-0.3, -0.25) is 0 Å². The molecule has 0 saturated carbocycles. The van der Waals surface area contributed by atoms with Gasteiger partial charge in [-0.2, -0.15) is 0 Å². The molecule has 1 nitrogen and oxygen atoms in total. The van der Waals surface area contributed by atoms with Gasteiger partial charge in [0.25, 0.3) is 0 Å². The molecule has 0 aliphatic heterocycles. The Morgan fingerprint density at radius 1 is 0.810 bits per heavy atom. The molecule has 2 rings (SSSR count). The van der Waals surface area contributed by atoms with Crippen LogP contribution in [0.25, 0.3) is 0 Å². The van der Waals surface area contributed by atoms with Gasteiger partial charge in [0.05, 0.1) is 0 Å². The van der Waals surface area contributed by atoms with Gasteiger partial charge in [-0.25, -0.2) is 0 Å². The molecule has 0 fully saturated rings. The molecule has 21 heavy (non-hydrogen) atoms. The maximum atomic E-state index is 6.59. The van der Waals surface area contributed by atoms with Crippen LogP contribution in [-0.4, -0.2) is 6.04 Å². The molecule has 1 atom stereocenters. The van der Waals surface area contributed by atoms with Crippen molar-refractivity contribution >= 4 is 0 Å². The lowest BCUT2D eigenvalue weighted by atomic mass is 9.80. The molecular formula is C20H27N. The van der Waals surface area contributed by atoms with Crippen LogP contribution in [0, 0.1) is 5.41 Å². The monoisotopic (exact) mass is 281 g/mol. The molecule has 0 spiro atoms. The van der Waals surface area contributed by atoms with Crippen molar-refractivity contribution in [3.05, 3.63) is 71.8 Å². The summed E-state index contributed by atoms with van der Waals surface area (Å²) in [5, 5.41) is 0. The summed E-state index contributed by atoms with van der Waals surface area (Å²) in [6.45, 7) is 6.83. The normalized spacial score (nSPS) is 13.4. The van der Waals surface area contributed by atoms with E-state index in [9.17, 15) is 0 Å². The third-order valence-electron chi connectivity index (χ3n) is 3.97. The Hall–Kier alpha value is -1.60. The first kappa shape index (κ1) is 15.8. The van der Waals surface area contributed by atoms with E-state index in [4.69, 9.17) is 5.73 Å². The van der Waals surface area contributed by atoms with Crippen LogP contribution >= 0.6 is 0 Å². The molecule has 0 aliphatic carbocycles. The summed E-state index contributed by atoms with van der Waals surface area (Å²) in [5.74, 6) is 0.273. The minimum Gasteiger partial charge on any atom is -0.327 e. The Bertz CT molecular complexity index is 485. The molecule has 0 bridgehead atoms. The van der Waals surface area contributed by atoms with Gasteiger partial charge >= 0.3 is 0 Å². The van der Waals surface area contributed by atoms with Gasteiger partial charge in [-0.05, 0) is 29.4 Å². The van der Waals surface area contributed by atoms with Crippen LogP contribution in [-0.2, 0) is 0 Å². The maximum Gasteiger partial charge on any atom is 0.0241 e. The van der Waals surface area contributed by atoms with Gasteiger partial charge in [0, 0.05) is 12.0 Å². The maximum absolute atomic E-state index is 6.59. The molecule has 0 aliphatic rings. The molecular weight excluding hydrogens is 254 g/mol. The zero-order chi connectivity index (χ0) is 15.3. The number of benzene rings is 2. The Labute approximate surface area is 129 Å². The number of hydrogen-bond donors (Lipinski definition) is 1. The van der Waals surface area contributed by atoms with E-state index >= 15 is 0 Å². The minimum absolute atomic E-state index is 0.147. The molecule has 1 heteroatoms. The predicted octanol–water partition coefficient (Wildman–Crippen LogP) is 4.97. The summed E-state index contributed by atoms with van der Waals surface area (Å²) in [6.07, 6.45) is 2.18. The first-order chi connectivity index (χ1) is 9.97. The van der Waals surface area contributed by atoms with E-state index < -0.39 is 0 Å². The third kappa shape index (κ3) is 4.71. The molecule has 0 heterocycles. The lowest BCUT2D eigenvalue weighted by molar-refractivity contribution is 0.341. The molecule has 0 amide bonds. The molecule has 2 N–H and O–H groups in total. The summed E-state index contributed by atoms with van der Waals surface area (Å²) < 4.78 is 0. The second kappa shape index (κ2) is 6.91. The fourth-order valence-electron chi connectivity index (χ4n) is 2.77. The van der Waals surface area contributed by atoms with Crippen molar-refractivity contribution in [1.82, 2.24) is 0 Å². The Balaban J connectivity index is 2.25. The summed E-state index contributed by atoms with van der Waals surface area (Å²) in [4.78, 5) is 0. The van der Waals surface area contributed by atoms with Gasteiger partial charge in [-0.1, -0.05) is 81.4 Å². The first-order valence-electron chi connectivity index (χ1n) is 7.83. The van der Waals surface area contributed by atoms with Crippen molar-refractivity contribution in [2.75, 3.05) is 0 Å². The zero-order valence-corrected chi connectivity index (χ0v) is 13.4. The van der Waals surface area contributed by atoms with Gasteiger partial charge in [-0.15, -0.1) is 0 Å². The van der Waals surface area contributed by atoms with Crippen molar-refractivity contribution in [3.63, 3.8) is 0 Å². The Morgan fingerprint density at radius 2 is 1.24 bits per heavy atom. The van der Waals surface area contributed by atoms with Crippen LogP contribution in [0.1, 0.15) is 50.7 Å². The first-order valence-corrected chi connectivity index (χ1v) is 7.83. The number of rotatable bonds is 5. The van der Waals surface area contributed by atoms with E-state index in [-0.39, 0.29) is 12.0 Å². The third-order valence-corrected chi connectivity index (χ3v) is 3.97. The highest BCUT2D eigenvalue weighted by Crippen LogP contribution is 2.31. The molecule has 0 saturated heterocycles. The molecule has 0 aromatic heterocycles. The van der Waals surface area contributed by atoms with Crippen molar-refractivity contribution in [3.8, 4) is 0 Å². The quantitative estimate of drug-likeness (QED) is 0.822. The topological polar surface area (TPSA) is 26.0 Å². The predicted molar refractivity (Wildman–Crippen MR) is 91.4 cm³/mol. The molecule has 1 unspecified atom stereocenters. The lowest BCUT2D eigenvalue weighted by Crippen LogP contribution is -2.30. The average molecular weight is 281 g/mol. The summed E-state index contributed by atoms with van der Waals surface area (Å²) in [7, 11) is 0. The van der Waals surface area contributed by atoms with Crippen LogP contribution in [0.2, 0.25) is 0 Å². The van der Waals surface area contributed by atoms with E-state index in [2.05, 4.69) is 81.4 Å². The SMILES string of the molecule is CC(C)(C)CCC(N)C(c1ccccc1)c1ccccc1. The Kier molecular flexibility index (Phi) is 5.19. The van der Waals surface area contributed by atoms with Crippen LogP contribution < -0.4 is 5.73 Å². The van der Waals surface area contributed by atoms with E-state index in [0.29, 0.717) is 5.41 Å². The summed E-state index contributed by atoms with van der Waals surface area (Å²) >= 11 is 0. The summed E-state index contributed by atoms with van der Waals surface area (Å²) in [5.41, 5.74) is 9.54. The molecule has 112 valence electrons. The van der Waals surface area contributed by atoms with Gasteiger partial charge in [0.15, 0.2) is 0 Å². The summed E-state index contributed by atoms with van der Waals surface area (Å²) in [6, 6.07) is 21.4. The van der Waals surface area contributed by atoms with E-state index in [1.54, 1.807) is 0 Å². The fourth-order valence-corrected chi connectivity index (χ4v) is 2.77. The highest BCUT2D eigenvalue weighted by Gasteiger charge is 2.23. The average Bonchev–Trinajstić information content (AvgIpc) is 2.47.